The van der Waals surface area contributed by atoms with Crippen LogP contribution in [0.3, 0.4) is 0 Å². The summed E-state index contributed by atoms with van der Waals surface area (Å²) in [4.78, 5) is 22.0. The number of rotatable bonds is 4. The van der Waals surface area contributed by atoms with Crippen LogP contribution in [-0.2, 0) is 9.84 Å². The van der Waals surface area contributed by atoms with E-state index in [9.17, 15) is 23.3 Å². The molecule has 2 rings (SSSR count). The fourth-order valence-electron chi connectivity index (χ4n) is 1.69. The molecule has 0 aliphatic heterocycles. The molecule has 120 valence electrons. The van der Waals surface area contributed by atoms with E-state index in [1.54, 1.807) is 0 Å². The van der Waals surface area contributed by atoms with Crippen molar-refractivity contribution < 1.29 is 22.9 Å². The van der Waals surface area contributed by atoms with Gasteiger partial charge in [0.1, 0.15) is 5.75 Å². The molecule has 2 aromatic carbocycles. The first-order valence-corrected chi connectivity index (χ1v) is 8.41. The highest BCUT2D eigenvalue weighted by Gasteiger charge is 2.17. The topological polar surface area (TPSA) is 104 Å². The van der Waals surface area contributed by atoms with Crippen LogP contribution in [0.25, 0.3) is 0 Å². The summed E-state index contributed by atoms with van der Waals surface area (Å²) in [6, 6.07) is 8.57. The van der Waals surface area contributed by atoms with Gasteiger partial charge in [0.15, 0.2) is 9.84 Å². The Morgan fingerprint density at radius 1 is 1.17 bits per heavy atom. The third-order valence-corrected chi connectivity index (χ3v) is 4.27. The van der Waals surface area contributed by atoms with E-state index < -0.39 is 20.7 Å². The van der Waals surface area contributed by atoms with Crippen molar-refractivity contribution in [3.8, 4) is 5.75 Å². The fraction of sp³-hybridized carbons (Fsp3) is 0.0714. The predicted molar refractivity (Wildman–Crippen MR) is 82.6 cm³/mol. The molecule has 0 saturated carbocycles. The molecule has 0 spiro atoms. The summed E-state index contributed by atoms with van der Waals surface area (Å²) in [5.41, 5.74) is -0.155. The molecule has 0 saturated heterocycles. The molecule has 0 amide bonds. The van der Waals surface area contributed by atoms with Crippen LogP contribution in [0.15, 0.2) is 47.4 Å². The van der Waals surface area contributed by atoms with Crippen LogP contribution in [0.2, 0.25) is 5.02 Å². The molecule has 23 heavy (non-hydrogen) atoms. The Balaban J connectivity index is 2.22. The van der Waals surface area contributed by atoms with Crippen LogP contribution in [0.5, 0.6) is 5.75 Å². The van der Waals surface area contributed by atoms with Crippen LogP contribution in [0.1, 0.15) is 10.4 Å². The summed E-state index contributed by atoms with van der Waals surface area (Å²) in [6.07, 6.45) is 1.02. The number of benzene rings is 2. The number of esters is 1. The molecule has 0 fully saturated rings. The minimum absolute atomic E-state index is 0.0163. The highest BCUT2D eigenvalue weighted by Crippen LogP contribution is 2.23. The third kappa shape index (κ3) is 4.05. The molecular weight excluding hydrogens is 346 g/mol. The Bertz CT molecular complexity index is 877. The largest absolute Gasteiger partial charge is 0.423 e. The van der Waals surface area contributed by atoms with Gasteiger partial charge in [0.2, 0.25) is 0 Å². The molecule has 0 aromatic heterocycles. The van der Waals surface area contributed by atoms with Gasteiger partial charge in [-0.2, -0.15) is 0 Å². The van der Waals surface area contributed by atoms with E-state index in [1.807, 2.05) is 0 Å². The molecule has 0 bridgehead atoms. The zero-order valence-corrected chi connectivity index (χ0v) is 13.3. The predicted octanol–water partition coefficient (Wildman–Crippen LogP) is 2.87. The summed E-state index contributed by atoms with van der Waals surface area (Å²) in [5, 5.41) is 10.5. The van der Waals surface area contributed by atoms with E-state index in [-0.39, 0.29) is 26.9 Å². The van der Waals surface area contributed by atoms with Crippen LogP contribution < -0.4 is 4.74 Å². The standard InChI is InChI=1S/C14H10ClNO6S/c1-23(20,21)11-6-7-12(13(15)8-11)14(17)22-10-4-2-9(3-5-10)16(18)19/h2-8H,1H3. The van der Waals surface area contributed by atoms with Gasteiger partial charge in [-0.3, -0.25) is 10.1 Å². The second kappa shape index (κ2) is 6.35. The smallest absolute Gasteiger partial charge is 0.345 e. The van der Waals surface area contributed by atoms with Crippen molar-refractivity contribution in [2.45, 2.75) is 4.90 Å². The van der Waals surface area contributed by atoms with Gasteiger partial charge in [-0.15, -0.1) is 0 Å². The van der Waals surface area contributed by atoms with Gasteiger partial charge in [0.05, 0.1) is 20.4 Å². The Morgan fingerprint density at radius 3 is 2.26 bits per heavy atom. The second-order valence-electron chi connectivity index (χ2n) is 4.55. The first-order chi connectivity index (χ1) is 10.7. The SMILES string of the molecule is CS(=O)(=O)c1ccc(C(=O)Oc2ccc([N+](=O)[O-])cc2)c(Cl)c1. The molecule has 0 aliphatic carbocycles. The highest BCUT2D eigenvalue weighted by molar-refractivity contribution is 7.90. The molecule has 0 atom stereocenters. The average Bonchev–Trinajstić information content (AvgIpc) is 2.46. The number of hydrogen-bond acceptors (Lipinski definition) is 6. The van der Waals surface area contributed by atoms with Crippen LogP contribution in [0.4, 0.5) is 5.69 Å². The molecule has 0 unspecified atom stereocenters. The molecular formula is C14H10ClNO6S. The quantitative estimate of drug-likeness (QED) is 0.361. The average molecular weight is 356 g/mol. The second-order valence-corrected chi connectivity index (χ2v) is 6.98. The molecule has 0 aliphatic rings. The summed E-state index contributed by atoms with van der Waals surface area (Å²) in [6.45, 7) is 0. The number of carbonyl (C=O) groups is 1. The van der Waals surface area contributed by atoms with Crippen molar-refractivity contribution in [1.82, 2.24) is 0 Å². The lowest BCUT2D eigenvalue weighted by molar-refractivity contribution is -0.384. The monoisotopic (exact) mass is 355 g/mol. The third-order valence-electron chi connectivity index (χ3n) is 2.85. The van der Waals surface area contributed by atoms with E-state index in [0.717, 1.165) is 12.3 Å². The van der Waals surface area contributed by atoms with Gasteiger partial charge in [0.25, 0.3) is 5.69 Å². The van der Waals surface area contributed by atoms with Crippen LogP contribution in [-0.4, -0.2) is 25.6 Å². The summed E-state index contributed by atoms with van der Waals surface area (Å²) < 4.78 is 27.9. The van der Waals surface area contributed by atoms with Crippen LogP contribution >= 0.6 is 11.6 Å². The maximum atomic E-state index is 12.0. The zero-order chi connectivity index (χ0) is 17.2. The van der Waals surface area contributed by atoms with Gasteiger partial charge < -0.3 is 4.74 Å². The van der Waals surface area contributed by atoms with Crippen molar-refractivity contribution in [3.05, 3.63) is 63.2 Å². The first kappa shape index (κ1) is 16.9. The Kier molecular flexibility index (Phi) is 4.67. The van der Waals surface area contributed by atoms with Crippen molar-refractivity contribution >= 4 is 33.1 Å². The Hall–Kier alpha value is -2.45. The number of nitrogens with zero attached hydrogens (tertiary/aromatic N) is 1. The number of halogens is 1. The van der Waals surface area contributed by atoms with Crippen molar-refractivity contribution in [2.75, 3.05) is 6.26 Å². The molecule has 2 aromatic rings. The summed E-state index contributed by atoms with van der Waals surface area (Å²) in [5.74, 6) is -0.701. The zero-order valence-electron chi connectivity index (χ0n) is 11.7. The van der Waals surface area contributed by atoms with E-state index in [1.165, 1.54) is 36.4 Å². The number of sulfone groups is 1. The number of hydrogen-bond donors (Lipinski definition) is 0. The number of ether oxygens (including phenoxy) is 1. The summed E-state index contributed by atoms with van der Waals surface area (Å²) in [7, 11) is -3.44. The van der Waals surface area contributed by atoms with Crippen molar-refractivity contribution in [1.29, 1.82) is 0 Å². The lowest BCUT2D eigenvalue weighted by Crippen LogP contribution is -2.10. The normalized spacial score (nSPS) is 11.0. The minimum atomic E-state index is -3.44. The highest BCUT2D eigenvalue weighted by atomic mass is 35.5. The molecule has 0 N–H and O–H groups in total. The van der Waals surface area contributed by atoms with Gasteiger partial charge in [-0.05, 0) is 30.3 Å². The Labute approximate surface area is 136 Å². The molecule has 9 heteroatoms. The van der Waals surface area contributed by atoms with Gasteiger partial charge in [0, 0.05) is 18.4 Å². The molecule has 0 radical (unpaired) electrons. The first-order valence-electron chi connectivity index (χ1n) is 6.15. The van der Waals surface area contributed by atoms with Crippen LogP contribution in [0, 0.1) is 10.1 Å². The molecule has 0 heterocycles. The fourth-order valence-corrected chi connectivity index (χ4v) is 2.66. The van der Waals surface area contributed by atoms with Gasteiger partial charge in [-0.1, -0.05) is 11.6 Å². The van der Waals surface area contributed by atoms with E-state index in [2.05, 4.69) is 0 Å². The number of non-ortho nitro benzene ring substituents is 1. The van der Waals surface area contributed by atoms with E-state index in [0.29, 0.717) is 0 Å². The number of nitro benzene ring substituents is 1. The molecule has 7 nitrogen and oxygen atoms in total. The number of nitro groups is 1. The van der Waals surface area contributed by atoms with Gasteiger partial charge in [-0.25, -0.2) is 13.2 Å². The minimum Gasteiger partial charge on any atom is -0.423 e. The maximum Gasteiger partial charge on any atom is 0.345 e. The van der Waals surface area contributed by atoms with Gasteiger partial charge >= 0.3 is 5.97 Å². The van der Waals surface area contributed by atoms with Crippen molar-refractivity contribution in [3.63, 3.8) is 0 Å². The van der Waals surface area contributed by atoms with E-state index in [4.69, 9.17) is 16.3 Å². The van der Waals surface area contributed by atoms with Crippen molar-refractivity contribution in [2.24, 2.45) is 0 Å². The maximum absolute atomic E-state index is 12.0. The lowest BCUT2D eigenvalue weighted by atomic mass is 10.2. The number of carbonyl (C=O) groups excluding carboxylic acids is 1. The Morgan fingerprint density at radius 2 is 1.78 bits per heavy atom. The summed E-state index contributed by atoms with van der Waals surface area (Å²) >= 11 is 5.91. The van der Waals surface area contributed by atoms with E-state index >= 15 is 0 Å². The lowest BCUT2D eigenvalue weighted by Gasteiger charge is -2.07.